The maximum atomic E-state index is 4.49. The van der Waals surface area contributed by atoms with Crippen molar-refractivity contribution in [2.24, 2.45) is 15.2 Å². The van der Waals surface area contributed by atoms with E-state index in [4.69, 9.17) is 0 Å². The third kappa shape index (κ3) is 1.17. The number of hydrogen-bond acceptors (Lipinski definition) is 5. The van der Waals surface area contributed by atoms with E-state index < -0.39 is 0 Å². The molecule has 1 aromatic heterocycles. The molecule has 4 nitrogen and oxygen atoms in total. The van der Waals surface area contributed by atoms with Crippen LogP contribution < -0.4 is 0 Å². The molecule has 1 atom stereocenters. The van der Waals surface area contributed by atoms with Crippen LogP contribution in [0.15, 0.2) is 39.7 Å². The Morgan fingerprint density at radius 1 is 1.21 bits per heavy atom. The quantitative estimate of drug-likeness (QED) is 0.690. The van der Waals surface area contributed by atoms with Crippen LogP contribution in [0.1, 0.15) is 5.56 Å². The van der Waals surface area contributed by atoms with E-state index in [0.717, 1.165) is 15.7 Å². The van der Waals surface area contributed by atoms with Crippen LogP contribution in [0, 0.1) is 0 Å². The number of thioether (sulfide) groups is 1. The number of fused-ring (bicyclic) bond motifs is 1. The van der Waals surface area contributed by atoms with Crippen molar-refractivity contribution >= 4 is 28.1 Å². The van der Waals surface area contributed by atoms with Crippen LogP contribution in [0.25, 0.3) is 0 Å². The van der Waals surface area contributed by atoms with Crippen LogP contribution in [-0.2, 0) is 0 Å². The lowest BCUT2D eigenvalue weighted by molar-refractivity contribution is 1.22. The SMILES string of the molecule is C1=NN=C2SC(c3ccncc3)=N[C@H]12. The first-order valence-electron chi connectivity index (χ1n) is 4.20. The highest BCUT2D eigenvalue weighted by molar-refractivity contribution is 8.27. The Bertz CT molecular complexity index is 449. The number of nitrogens with zero attached hydrogens (tertiary/aromatic N) is 4. The van der Waals surface area contributed by atoms with Crippen molar-refractivity contribution in [3.05, 3.63) is 30.1 Å². The summed E-state index contributed by atoms with van der Waals surface area (Å²) in [6, 6.07) is 3.96. The normalized spacial score (nSPS) is 23.3. The highest BCUT2D eigenvalue weighted by Gasteiger charge is 2.27. The van der Waals surface area contributed by atoms with E-state index in [1.807, 2.05) is 12.1 Å². The van der Waals surface area contributed by atoms with E-state index in [2.05, 4.69) is 20.2 Å². The van der Waals surface area contributed by atoms with Gasteiger partial charge in [-0.2, -0.15) is 5.10 Å². The van der Waals surface area contributed by atoms with E-state index in [0.29, 0.717) is 0 Å². The molecule has 0 bridgehead atoms. The fraction of sp³-hybridized carbons (Fsp3) is 0.111. The van der Waals surface area contributed by atoms with Gasteiger partial charge in [-0.1, -0.05) is 0 Å². The molecule has 14 heavy (non-hydrogen) atoms. The molecular weight excluding hydrogens is 196 g/mol. The Morgan fingerprint density at radius 2 is 2.07 bits per heavy atom. The zero-order chi connectivity index (χ0) is 9.38. The maximum Gasteiger partial charge on any atom is 0.138 e. The van der Waals surface area contributed by atoms with Crippen LogP contribution in [0.5, 0.6) is 0 Å². The largest absolute Gasteiger partial charge is 0.265 e. The van der Waals surface area contributed by atoms with E-state index in [9.17, 15) is 0 Å². The Morgan fingerprint density at radius 3 is 2.86 bits per heavy atom. The topological polar surface area (TPSA) is 50.0 Å². The summed E-state index contributed by atoms with van der Waals surface area (Å²) in [6.07, 6.45) is 5.29. The van der Waals surface area contributed by atoms with Crippen molar-refractivity contribution < 1.29 is 0 Å². The second-order valence-corrected chi connectivity index (χ2v) is 3.93. The van der Waals surface area contributed by atoms with Gasteiger partial charge in [0.25, 0.3) is 0 Å². The van der Waals surface area contributed by atoms with Crippen LogP contribution >= 0.6 is 11.8 Å². The summed E-state index contributed by atoms with van der Waals surface area (Å²) >= 11 is 1.58. The second kappa shape index (κ2) is 3.02. The zero-order valence-electron chi connectivity index (χ0n) is 7.16. The van der Waals surface area contributed by atoms with Crippen molar-refractivity contribution in [2.45, 2.75) is 6.04 Å². The molecule has 0 amide bonds. The Balaban J connectivity index is 1.96. The maximum absolute atomic E-state index is 4.49. The third-order valence-electron chi connectivity index (χ3n) is 2.00. The fourth-order valence-electron chi connectivity index (χ4n) is 1.33. The third-order valence-corrected chi connectivity index (χ3v) is 3.07. The van der Waals surface area contributed by atoms with Gasteiger partial charge in [-0.3, -0.25) is 9.98 Å². The average molecular weight is 202 g/mol. The summed E-state index contributed by atoms with van der Waals surface area (Å²) in [4.78, 5) is 8.46. The molecule has 2 aliphatic rings. The first kappa shape index (κ1) is 7.87. The van der Waals surface area contributed by atoms with Gasteiger partial charge >= 0.3 is 0 Å². The molecule has 0 N–H and O–H groups in total. The van der Waals surface area contributed by atoms with Crippen LogP contribution in [0.4, 0.5) is 0 Å². The van der Waals surface area contributed by atoms with Gasteiger partial charge in [0.15, 0.2) is 0 Å². The number of pyridine rings is 1. The number of rotatable bonds is 1. The zero-order valence-corrected chi connectivity index (χ0v) is 7.98. The predicted octanol–water partition coefficient (Wildman–Crippen LogP) is 1.34. The molecule has 0 fully saturated rings. The van der Waals surface area contributed by atoms with Gasteiger partial charge < -0.3 is 0 Å². The van der Waals surface area contributed by atoms with Crippen molar-refractivity contribution in [2.75, 3.05) is 0 Å². The summed E-state index contributed by atoms with van der Waals surface area (Å²) in [6.45, 7) is 0. The lowest BCUT2D eigenvalue weighted by Gasteiger charge is -1.96. The highest BCUT2D eigenvalue weighted by Crippen LogP contribution is 2.27. The van der Waals surface area contributed by atoms with Crippen molar-refractivity contribution in [1.29, 1.82) is 0 Å². The van der Waals surface area contributed by atoms with E-state index >= 15 is 0 Å². The molecule has 3 rings (SSSR count). The second-order valence-electron chi connectivity index (χ2n) is 2.92. The Labute approximate surface area is 84.9 Å². The van der Waals surface area contributed by atoms with Gasteiger partial charge in [-0.25, -0.2) is 0 Å². The smallest absolute Gasteiger partial charge is 0.138 e. The molecular formula is C9H6N4S. The first-order chi connectivity index (χ1) is 6.93. The molecule has 0 saturated carbocycles. The number of aromatic nitrogens is 1. The first-order valence-corrected chi connectivity index (χ1v) is 5.02. The molecule has 0 radical (unpaired) electrons. The minimum atomic E-state index is 0.0585. The molecule has 0 unspecified atom stereocenters. The minimum Gasteiger partial charge on any atom is -0.265 e. The van der Waals surface area contributed by atoms with Gasteiger partial charge in [0, 0.05) is 18.0 Å². The van der Waals surface area contributed by atoms with Crippen LogP contribution in [-0.4, -0.2) is 27.3 Å². The van der Waals surface area contributed by atoms with Crippen molar-refractivity contribution in [1.82, 2.24) is 4.98 Å². The molecule has 1 aromatic rings. The summed E-state index contributed by atoms with van der Waals surface area (Å²) < 4.78 is 0. The molecule has 0 aliphatic carbocycles. The van der Waals surface area contributed by atoms with Crippen LogP contribution in [0.2, 0.25) is 0 Å². The molecule has 5 heteroatoms. The molecule has 3 heterocycles. The Kier molecular flexibility index (Phi) is 1.70. The van der Waals surface area contributed by atoms with Crippen LogP contribution in [0.3, 0.4) is 0 Å². The van der Waals surface area contributed by atoms with Gasteiger partial charge in [0.2, 0.25) is 0 Å². The number of hydrogen-bond donors (Lipinski definition) is 0. The van der Waals surface area contributed by atoms with E-state index in [1.165, 1.54) is 0 Å². The van der Waals surface area contributed by atoms with Gasteiger partial charge in [0.05, 0.1) is 6.21 Å². The standard InChI is InChI=1S/C9H6N4S/c1-3-10-4-2-6(1)8-12-7-5-11-13-9(7)14-8/h1-5,7H/t7-/m1/s1. The van der Waals surface area contributed by atoms with Crippen molar-refractivity contribution in [3.8, 4) is 0 Å². The summed E-state index contributed by atoms with van der Waals surface area (Å²) in [5.41, 5.74) is 1.09. The molecule has 0 aromatic carbocycles. The summed E-state index contributed by atoms with van der Waals surface area (Å²) in [7, 11) is 0. The highest BCUT2D eigenvalue weighted by atomic mass is 32.2. The van der Waals surface area contributed by atoms with E-state index in [-0.39, 0.29) is 6.04 Å². The molecule has 0 saturated heterocycles. The summed E-state index contributed by atoms with van der Waals surface area (Å²) in [5.74, 6) is 0. The lowest BCUT2D eigenvalue weighted by atomic mass is 10.3. The fourth-order valence-corrected chi connectivity index (χ4v) is 2.27. The predicted molar refractivity (Wildman–Crippen MR) is 58.1 cm³/mol. The molecule has 2 aliphatic heterocycles. The lowest BCUT2D eigenvalue weighted by Crippen LogP contribution is -2.06. The number of aliphatic imine (C=N–C) groups is 1. The van der Waals surface area contributed by atoms with E-state index in [1.54, 1.807) is 30.4 Å². The van der Waals surface area contributed by atoms with Crippen molar-refractivity contribution in [3.63, 3.8) is 0 Å². The van der Waals surface area contributed by atoms with Gasteiger partial charge in [0.1, 0.15) is 16.1 Å². The Hall–Kier alpha value is -1.49. The monoisotopic (exact) mass is 202 g/mol. The summed E-state index contributed by atoms with van der Waals surface area (Å²) in [5, 5.41) is 9.78. The molecule has 68 valence electrons. The average Bonchev–Trinajstić information content (AvgIpc) is 2.78. The van der Waals surface area contributed by atoms with Gasteiger partial charge in [-0.05, 0) is 23.9 Å². The minimum absolute atomic E-state index is 0.0585. The van der Waals surface area contributed by atoms with Gasteiger partial charge in [-0.15, -0.1) is 5.10 Å². The molecule has 0 spiro atoms.